The maximum Gasteiger partial charge on any atom is 0.251 e. The zero-order chi connectivity index (χ0) is 17.4. The summed E-state index contributed by atoms with van der Waals surface area (Å²) in [7, 11) is 3.26. The van der Waals surface area contributed by atoms with Crippen molar-refractivity contribution in [3.8, 4) is 5.75 Å². The summed E-state index contributed by atoms with van der Waals surface area (Å²) in [4.78, 5) is 26.8. The molecule has 0 unspecified atom stereocenters. The van der Waals surface area contributed by atoms with Crippen molar-refractivity contribution in [1.82, 2.24) is 10.3 Å². The molecule has 2 aromatic rings. The van der Waals surface area contributed by atoms with Gasteiger partial charge in [-0.05, 0) is 43.5 Å². The summed E-state index contributed by atoms with van der Waals surface area (Å²) in [6.45, 7) is 1.33. The number of carbonyl (C=O) groups is 1. The SMILES string of the molecule is COCCCCNC(=O)CCc1cc2cc(OC)ccc2[nH]c1=O. The Morgan fingerprint density at radius 3 is 2.79 bits per heavy atom. The molecule has 1 amide bonds. The van der Waals surface area contributed by atoms with Crippen LogP contribution in [0, 0.1) is 0 Å². The van der Waals surface area contributed by atoms with Crippen LogP contribution >= 0.6 is 0 Å². The van der Waals surface area contributed by atoms with Gasteiger partial charge in [0.25, 0.3) is 5.56 Å². The Balaban J connectivity index is 1.93. The fraction of sp³-hybridized carbons (Fsp3) is 0.444. The number of methoxy groups -OCH3 is 2. The fourth-order valence-corrected chi connectivity index (χ4v) is 2.48. The van der Waals surface area contributed by atoms with Crippen LogP contribution in [0.3, 0.4) is 0 Å². The first kappa shape index (κ1) is 18.0. The number of unbranched alkanes of at least 4 members (excludes halogenated alkanes) is 1. The van der Waals surface area contributed by atoms with E-state index in [9.17, 15) is 9.59 Å². The van der Waals surface area contributed by atoms with Gasteiger partial charge in [0.15, 0.2) is 0 Å². The molecule has 2 N–H and O–H groups in total. The summed E-state index contributed by atoms with van der Waals surface area (Å²) in [6.07, 6.45) is 2.51. The highest BCUT2D eigenvalue weighted by Gasteiger charge is 2.07. The maximum atomic E-state index is 12.1. The van der Waals surface area contributed by atoms with Gasteiger partial charge in [-0.3, -0.25) is 9.59 Å². The number of hydrogen-bond acceptors (Lipinski definition) is 4. The van der Waals surface area contributed by atoms with Gasteiger partial charge in [0.1, 0.15) is 5.75 Å². The topological polar surface area (TPSA) is 80.4 Å². The lowest BCUT2D eigenvalue weighted by atomic mass is 10.1. The van der Waals surface area contributed by atoms with Crippen molar-refractivity contribution < 1.29 is 14.3 Å². The third-order valence-electron chi connectivity index (χ3n) is 3.85. The number of aryl methyl sites for hydroxylation is 1. The Labute approximate surface area is 141 Å². The number of aromatic amines is 1. The Morgan fingerprint density at radius 2 is 2.04 bits per heavy atom. The number of rotatable bonds is 9. The van der Waals surface area contributed by atoms with Crippen LogP contribution in [0.25, 0.3) is 10.9 Å². The average Bonchev–Trinajstić information content (AvgIpc) is 2.59. The molecule has 0 spiro atoms. The molecule has 0 aliphatic rings. The van der Waals surface area contributed by atoms with Gasteiger partial charge < -0.3 is 19.8 Å². The largest absolute Gasteiger partial charge is 0.497 e. The summed E-state index contributed by atoms with van der Waals surface area (Å²) < 4.78 is 10.2. The van der Waals surface area contributed by atoms with Gasteiger partial charge in [-0.15, -0.1) is 0 Å². The number of amides is 1. The number of nitrogens with one attached hydrogen (secondary N) is 2. The summed E-state index contributed by atoms with van der Waals surface area (Å²) in [5.41, 5.74) is 1.21. The fourth-order valence-electron chi connectivity index (χ4n) is 2.48. The van der Waals surface area contributed by atoms with Crippen molar-refractivity contribution >= 4 is 16.8 Å². The summed E-state index contributed by atoms with van der Waals surface area (Å²) in [5, 5.41) is 3.75. The van der Waals surface area contributed by atoms with Gasteiger partial charge in [-0.25, -0.2) is 0 Å². The van der Waals surface area contributed by atoms with Crippen molar-refractivity contribution in [1.29, 1.82) is 0 Å². The van der Waals surface area contributed by atoms with Crippen LogP contribution in [0.15, 0.2) is 29.1 Å². The third-order valence-corrected chi connectivity index (χ3v) is 3.85. The quantitative estimate of drug-likeness (QED) is 0.689. The van der Waals surface area contributed by atoms with E-state index in [1.54, 1.807) is 20.3 Å². The van der Waals surface area contributed by atoms with Crippen molar-refractivity contribution in [3.05, 3.63) is 40.2 Å². The van der Waals surface area contributed by atoms with E-state index in [-0.39, 0.29) is 11.5 Å². The van der Waals surface area contributed by atoms with E-state index in [0.29, 0.717) is 31.6 Å². The third kappa shape index (κ3) is 5.09. The van der Waals surface area contributed by atoms with E-state index in [2.05, 4.69) is 10.3 Å². The lowest BCUT2D eigenvalue weighted by Gasteiger charge is -2.07. The molecule has 0 radical (unpaired) electrons. The minimum absolute atomic E-state index is 0.0439. The molecule has 130 valence electrons. The zero-order valence-electron chi connectivity index (χ0n) is 14.2. The monoisotopic (exact) mass is 332 g/mol. The molecular formula is C18H24N2O4. The molecule has 1 aromatic heterocycles. The van der Waals surface area contributed by atoms with Crippen LogP contribution < -0.4 is 15.6 Å². The zero-order valence-corrected chi connectivity index (χ0v) is 14.2. The highest BCUT2D eigenvalue weighted by molar-refractivity contribution is 5.81. The molecule has 0 aliphatic heterocycles. The number of ether oxygens (including phenoxy) is 2. The Kier molecular flexibility index (Phi) is 6.81. The predicted octanol–water partition coefficient (Wildman–Crippen LogP) is 2.01. The van der Waals surface area contributed by atoms with E-state index in [1.165, 1.54) is 0 Å². The molecule has 2 rings (SSSR count). The molecule has 0 fully saturated rings. The molecular weight excluding hydrogens is 308 g/mol. The second-order valence-electron chi connectivity index (χ2n) is 5.63. The van der Waals surface area contributed by atoms with Crippen LogP contribution in [0.2, 0.25) is 0 Å². The Hall–Kier alpha value is -2.34. The molecule has 0 bridgehead atoms. The summed E-state index contributed by atoms with van der Waals surface area (Å²) in [5.74, 6) is 0.687. The smallest absolute Gasteiger partial charge is 0.251 e. The van der Waals surface area contributed by atoms with E-state index in [4.69, 9.17) is 9.47 Å². The normalized spacial score (nSPS) is 10.8. The van der Waals surface area contributed by atoms with Crippen LogP contribution in [0.1, 0.15) is 24.8 Å². The second-order valence-corrected chi connectivity index (χ2v) is 5.63. The molecule has 24 heavy (non-hydrogen) atoms. The molecule has 1 heterocycles. The first-order chi connectivity index (χ1) is 11.6. The molecule has 1 aromatic carbocycles. The maximum absolute atomic E-state index is 12.1. The van der Waals surface area contributed by atoms with Crippen molar-refractivity contribution in [2.24, 2.45) is 0 Å². The van der Waals surface area contributed by atoms with E-state index in [1.807, 2.05) is 18.2 Å². The molecule has 0 atom stereocenters. The van der Waals surface area contributed by atoms with E-state index >= 15 is 0 Å². The lowest BCUT2D eigenvalue weighted by Crippen LogP contribution is -2.25. The molecule has 0 aliphatic carbocycles. The Bertz CT molecular complexity index is 739. The summed E-state index contributed by atoms with van der Waals surface area (Å²) in [6, 6.07) is 7.30. The molecule has 0 saturated heterocycles. The van der Waals surface area contributed by atoms with Gasteiger partial charge in [-0.2, -0.15) is 0 Å². The predicted molar refractivity (Wildman–Crippen MR) is 93.6 cm³/mol. The van der Waals surface area contributed by atoms with Gasteiger partial charge in [0, 0.05) is 43.1 Å². The van der Waals surface area contributed by atoms with Crippen molar-refractivity contribution in [3.63, 3.8) is 0 Å². The van der Waals surface area contributed by atoms with Crippen LogP contribution in [0.5, 0.6) is 5.75 Å². The highest BCUT2D eigenvalue weighted by atomic mass is 16.5. The first-order valence-corrected chi connectivity index (χ1v) is 8.09. The standard InChI is InChI=1S/C18H24N2O4/c1-23-10-4-3-9-19-17(21)8-5-13-11-14-12-15(24-2)6-7-16(14)20-18(13)22/h6-7,11-12H,3-5,8-10H2,1-2H3,(H,19,21)(H,20,22). The van der Waals surface area contributed by atoms with Crippen LogP contribution in [0.4, 0.5) is 0 Å². The Morgan fingerprint density at radius 1 is 1.21 bits per heavy atom. The highest BCUT2D eigenvalue weighted by Crippen LogP contribution is 2.19. The number of fused-ring (bicyclic) bond motifs is 1. The van der Waals surface area contributed by atoms with Crippen molar-refractivity contribution in [2.75, 3.05) is 27.4 Å². The minimum Gasteiger partial charge on any atom is -0.497 e. The number of hydrogen-bond donors (Lipinski definition) is 2. The van der Waals surface area contributed by atoms with E-state index < -0.39 is 0 Å². The van der Waals surface area contributed by atoms with Crippen molar-refractivity contribution in [2.45, 2.75) is 25.7 Å². The average molecular weight is 332 g/mol. The van der Waals surface area contributed by atoms with E-state index in [0.717, 1.165) is 29.5 Å². The lowest BCUT2D eigenvalue weighted by molar-refractivity contribution is -0.121. The van der Waals surface area contributed by atoms with Crippen LogP contribution in [-0.2, 0) is 16.0 Å². The number of H-pyrrole nitrogens is 1. The van der Waals surface area contributed by atoms with Gasteiger partial charge in [0.2, 0.25) is 5.91 Å². The minimum atomic E-state index is -0.152. The summed E-state index contributed by atoms with van der Waals surface area (Å²) >= 11 is 0. The first-order valence-electron chi connectivity index (χ1n) is 8.09. The van der Waals surface area contributed by atoms with Gasteiger partial charge >= 0.3 is 0 Å². The molecule has 6 nitrogen and oxygen atoms in total. The second kappa shape index (κ2) is 9.08. The number of pyridine rings is 1. The number of carbonyl (C=O) groups excluding carboxylic acids is 1. The number of benzene rings is 1. The van der Waals surface area contributed by atoms with Gasteiger partial charge in [-0.1, -0.05) is 0 Å². The molecule has 0 saturated carbocycles. The van der Waals surface area contributed by atoms with Crippen LogP contribution in [-0.4, -0.2) is 38.3 Å². The molecule has 6 heteroatoms. The van der Waals surface area contributed by atoms with Gasteiger partial charge in [0.05, 0.1) is 7.11 Å². The number of aromatic nitrogens is 1.